The second kappa shape index (κ2) is 11.5. The molecule has 3 N–H and O–H groups in total. The lowest BCUT2D eigenvalue weighted by molar-refractivity contribution is 0.0981. The zero-order valence-electron chi connectivity index (χ0n) is 25.9. The summed E-state index contributed by atoms with van der Waals surface area (Å²) in [6.45, 7) is 10.3. The summed E-state index contributed by atoms with van der Waals surface area (Å²) in [4.78, 5) is 24.6. The molecule has 3 fully saturated rings. The van der Waals surface area contributed by atoms with E-state index in [1.807, 2.05) is 6.07 Å². The van der Waals surface area contributed by atoms with Gasteiger partial charge in [0, 0.05) is 33.1 Å². The molecule has 11 nitrogen and oxygen atoms in total. The average Bonchev–Trinajstić information content (AvgIpc) is 3.57. The van der Waals surface area contributed by atoms with Crippen molar-refractivity contribution in [2.24, 2.45) is 17.3 Å². The predicted molar refractivity (Wildman–Crippen MR) is 171 cm³/mol. The van der Waals surface area contributed by atoms with Gasteiger partial charge in [0.1, 0.15) is 11.6 Å². The third-order valence-corrected chi connectivity index (χ3v) is 12.2. The number of amides is 1. The van der Waals surface area contributed by atoms with Crippen molar-refractivity contribution in [3.05, 3.63) is 48.2 Å². The molecule has 4 heterocycles. The third kappa shape index (κ3) is 6.21. The maximum atomic E-state index is 13.6. The van der Waals surface area contributed by atoms with Crippen LogP contribution in [0, 0.1) is 17.3 Å². The topological polar surface area (TPSA) is 145 Å². The second-order valence-corrected chi connectivity index (χ2v) is 18.1. The number of ether oxygens (including phenoxy) is 1. The number of nitrogen functional groups attached to an aromatic ring is 1. The van der Waals surface area contributed by atoms with Crippen LogP contribution in [0.1, 0.15) is 62.7 Å². The zero-order chi connectivity index (χ0) is 31.3. The minimum absolute atomic E-state index is 0.0436. The van der Waals surface area contributed by atoms with E-state index in [0.717, 1.165) is 31.3 Å². The maximum Gasteiger partial charge on any atom is 0.281 e. The number of rotatable bonds is 11. The van der Waals surface area contributed by atoms with Crippen molar-refractivity contribution < 1.29 is 17.9 Å². The Balaban J connectivity index is 1.26. The quantitative estimate of drug-likeness (QED) is 0.287. The number of anilines is 2. The van der Waals surface area contributed by atoms with Gasteiger partial charge in [0.15, 0.2) is 10.8 Å². The summed E-state index contributed by atoms with van der Waals surface area (Å²) in [5.41, 5.74) is 6.19. The number of hydrogen-bond acceptors (Lipinski definition) is 9. The van der Waals surface area contributed by atoms with E-state index >= 15 is 0 Å². The standard InChI is InChI=1S/C31H42N7O4SSi/c1-30(2)18-21(20-44(3)4)19-37(30)28-23(29(39)36-43(40,41)27-7-5-6-24(32)33-27)8-9-25(34-28)38-16-11-26(35-38)42-17-12-22-10-13-31(22)14-15-31/h5-9,11,16,21-22H,10,12-15,17-20H2,1-4H3,(H2,32,33)(H,36,39). The van der Waals surface area contributed by atoms with Gasteiger partial charge in [-0.1, -0.05) is 25.2 Å². The molecule has 2 saturated carbocycles. The number of nitrogens with zero attached hydrogens (tertiary/aromatic N) is 5. The minimum Gasteiger partial charge on any atom is -0.477 e. The fourth-order valence-electron chi connectivity index (χ4n) is 7.08. The molecular formula is C31H42N7O4SSi. The first-order valence-corrected chi connectivity index (χ1v) is 19.6. The van der Waals surface area contributed by atoms with Crippen LogP contribution in [0.3, 0.4) is 0 Å². The van der Waals surface area contributed by atoms with E-state index in [4.69, 9.17) is 15.5 Å². The summed E-state index contributed by atoms with van der Waals surface area (Å²) in [6.07, 6.45) is 9.19. The van der Waals surface area contributed by atoms with E-state index < -0.39 is 24.7 Å². The van der Waals surface area contributed by atoms with Gasteiger partial charge in [-0.25, -0.2) is 19.4 Å². The van der Waals surface area contributed by atoms with Crippen molar-refractivity contribution in [1.82, 2.24) is 24.5 Å². The molecule has 2 aliphatic carbocycles. The summed E-state index contributed by atoms with van der Waals surface area (Å²) in [6, 6.07) is 10.5. The number of pyridine rings is 2. The molecule has 3 aliphatic rings. The number of aromatic nitrogens is 4. The van der Waals surface area contributed by atoms with Crippen LogP contribution >= 0.6 is 0 Å². The Morgan fingerprint density at radius 2 is 1.93 bits per heavy atom. The Kier molecular flexibility index (Phi) is 7.97. The Morgan fingerprint density at radius 1 is 1.14 bits per heavy atom. The van der Waals surface area contributed by atoms with Gasteiger partial charge in [-0.2, -0.15) is 8.42 Å². The van der Waals surface area contributed by atoms with Gasteiger partial charge in [0.2, 0.25) is 5.88 Å². The number of carbonyl (C=O) groups excluding carboxylic acids is 1. The zero-order valence-corrected chi connectivity index (χ0v) is 27.7. The molecule has 1 saturated heterocycles. The van der Waals surface area contributed by atoms with E-state index in [1.54, 1.807) is 23.0 Å². The number of nitrogens with two attached hydrogens (primary N) is 1. The van der Waals surface area contributed by atoms with Gasteiger partial charge >= 0.3 is 0 Å². The molecule has 1 radical (unpaired) electrons. The lowest BCUT2D eigenvalue weighted by Crippen LogP contribution is -2.41. The molecule has 3 aromatic rings. The molecule has 0 bridgehead atoms. The number of carbonyl (C=O) groups is 1. The monoisotopic (exact) mass is 636 g/mol. The molecule has 235 valence electrons. The minimum atomic E-state index is -4.27. The molecule has 1 amide bonds. The van der Waals surface area contributed by atoms with Crippen molar-refractivity contribution in [1.29, 1.82) is 0 Å². The largest absolute Gasteiger partial charge is 0.477 e. The Hall–Kier alpha value is -3.45. The third-order valence-electron chi connectivity index (χ3n) is 9.53. The fourth-order valence-corrected chi connectivity index (χ4v) is 9.45. The molecule has 2 atom stereocenters. The lowest BCUT2D eigenvalue weighted by Gasteiger charge is -2.37. The summed E-state index contributed by atoms with van der Waals surface area (Å²) < 4.78 is 36.0. The van der Waals surface area contributed by atoms with Crippen LogP contribution in [-0.4, -0.2) is 61.6 Å². The SMILES string of the molecule is C[Si](C)CC1CN(c2nc(-n3ccc(OCCC4CCC45CC5)n3)ccc2C(=O)NS(=O)(=O)c2cccc(N)n2)C(C)(C)C1. The summed E-state index contributed by atoms with van der Waals surface area (Å²) in [5.74, 6) is 1.94. The van der Waals surface area contributed by atoms with Crippen LogP contribution in [0.4, 0.5) is 11.6 Å². The second-order valence-electron chi connectivity index (χ2n) is 13.6. The van der Waals surface area contributed by atoms with Crippen LogP contribution in [0.2, 0.25) is 19.1 Å². The van der Waals surface area contributed by atoms with Crippen LogP contribution < -0.4 is 20.1 Å². The summed E-state index contributed by atoms with van der Waals surface area (Å²) >= 11 is 0. The van der Waals surface area contributed by atoms with Crippen molar-refractivity contribution >= 4 is 36.4 Å². The molecule has 13 heteroatoms. The normalized spacial score (nSPS) is 21.8. The highest BCUT2D eigenvalue weighted by molar-refractivity contribution is 7.90. The number of sulfonamides is 1. The molecule has 6 rings (SSSR count). The highest BCUT2D eigenvalue weighted by atomic mass is 32.2. The highest BCUT2D eigenvalue weighted by Gasteiger charge is 2.54. The van der Waals surface area contributed by atoms with Crippen LogP contribution in [0.5, 0.6) is 5.88 Å². The fraction of sp³-hybridized carbons (Fsp3) is 0.548. The van der Waals surface area contributed by atoms with Gasteiger partial charge in [-0.3, -0.25) is 4.79 Å². The molecule has 44 heavy (non-hydrogen) atoms. The van der Waals surface area contributed by atoms with Crippen LogP contribution in [0.15, 0.2) is 47.6 Å². The highest BCUT2D eigenvalue weighted by Crippen LogP contribution is 2.65. The molecule has 1 spiro atoms. The van der Waals surface area contributed by atoms with Gasteiger partial charge in [-0.15, -0.1) is 5.10 Å². The van der Waals surface area contributed by atoms with Gasteiger partial charge in [0.05, 0.1) is 12.2 Å². The van der Waals surface area contributed by atoms with Gasteiger partial charge in [-0.05, 0) is 93.9 Å². The van der Waals surface area contributed by atoms with Crippen molar-refractivity contribution in [3.8, 4) is 11.7 Å². The molecule has 0 aromatic carbocycles. The first-order chi connectivity index (χ1) is 20.8. The number of nitrogens with one attached hydrogen (secondary N) is 1. The smallest absolute Gasteiger partial charge is 0.281 e. The van der Waals surface area contributed by atoms with Gasteiger partial charge in [0.25, 0.3) is 15.9 Å². The van der Waals surface area contributed by atoms with E-state index in [9.17, 15) is 13.2 Å². The average molecular weight is 637 g/mol. The lowest BCUT2D eigenvalue weighted by atomic mass is 9.69. The molecule has 3 aromatic heterocycles. The summed E-state index contributed by atoms with van der Waals surface area (Å²) in [5, 5.41) is 4.29. The van der Waals surface area contributed by atoms with Gasteiger partial charge < -0.3 is 15.4 Å². The van der Waals surface area contributed by atoms with E-state index in [-0.39, 0.29) is 21.9 Å². The Labute approximate surface area is 261 Å². The molecule has 1 aliphatic heterocycles. The van der Waals surface area contributed by atoms with E-state index in [2.05, 4.69) is 46.6 Å². The number of hydrogen-bond donors (Lipinski definition) is 2. The van der Waals surface area contributed by atoms with E-state index in [0.29, 0.717) is 35.5 Å². The van der Waals surface area contributed by atoms with Crippen molar-refractivity contribution in [2.45, 2.75) is 82.1 Å². The maximum absolute atomic E-state index is 13.6. The molecule has 2 unspecified atom stereocenters. The molecular weight excluding hydrogens is 595 g/mol. The predicted octanol–water partition coefficient (Wildman–Crippen LogP) is 4.68. The Morgan fingerprint density at radius 3 is 2.61 bits per heavy atom. The van der Waals surface area contributed by atoms with Crippen molar-refractivity contribution in [3.63, 3.8) is 0 Å². The summed E-state index contributed by atoms with van der Waals surface area (Å²) in [7, 11) is -4.74. The van der Waals surface area contributed by atoms with Crippen LogP contribution in [0.25, 0.3) is 5.82 Å². The first-order valence-electron chi connectivity index (χ1n) is 15.4. The van der Waals surface area contributed by atoms with Crippen molar-refractivity contribution in [2.75, 3.05) is 23.8 Å². The van der Waals surface area contributed by atoms with E-state index in [1.165, 1.54) is 43.9 Å². The Bertz CT molecular complexity index is 1650. The van der Waals surface area contributed by atoms with Crippen LogP contribution in [-0.2, 0) is 10.0 Å². The first kappa shape index (κ1) is 30.6.